The van der Waals surface area contributed by atoms with Gasteiger partial charge in [0.25, 0.3) is 0 Å². The first-order valence-electron chi connectivity index (χ1n) is 11.9. The number of benzene rings is 1. The molecule has 0 fully saturated rings. The fourth-order valence-electron chi connectivity index (χ4n) is 3.72. The van der Waals surface area contributed by atoms with Crippen molar-refractivity contribution in [3.63, 3.8) is 0 Å². The fraction of sp³-hybridized carbons (Fsp3) is 0.556. The maximum atomic E-state index is 13.5. The van der Waals surface area contributed by atoms with Gasteiger partial charge in [-0.1, -0.05) is 33.8 Å². The van der Waals surface area contributed by atoms with Crippen LogP contribution in [0.25, 0.3) is 0 Å². The second-order valence-electron chi connectivity index (χ2n) is 9.83. The summed E-state index contributed by atoms with van der Waals surface area (Å²) in [7, 11) is 3.23. The molecule has 2 amide bonds. The summed E-state index contributed by atoms with van der Waals surface area (Å²) in [5.74, 6) is 1.37. The first-order valence-corrected chi connectivity index (χ1v) is 12.7. The number of ether oxygens (including phenoxy) is 2. The van der Waals surface area contributed by atoms with Crippen LogP contribution >= 0.6 is 11.3 Å². The van der Waals surface area contributed by atoms with Crippen LogP contribution in [0.2, 0.25) is 0 Å². The van der Waals surface area contributed by atoms with Crippen molar-refractivity contribution in [2.75, 3.05) is 33.9 Å². The number of carbonyl (C=O) groups is 2. The van der Waals surface area contributed by atoms with E-state index in [0.29, 0.717) is 44.0 Å². The molecular weight excluding hydrogens is 448 g/mol. The first-order chi connectivity index (χ1) is 16.1. The van der Waals surface area contributed by atoms with Gasteiger partial charge in [-0.2, -0.15) is 0 Å². The minimum atomic E-state index is -0.118. The zero-order valence-corrected chi connectivity index (χ0v) is 22.6. The van der Waals surface area contributed by atoms with Gasteiger partial charge in [-0.3, -0.25) is 9.59 Å². The number of hydrogen-bond acceptors (Lipinski definition) is 5. The van der Waals surface area contributed by atoms with E-state index in [9.17, 15) is 9.59 Å². The Hall–Kier alpha value is -2.54. The van der Waals surface area contributed by atoms with E-state index in [1.54, 1.807) is 30.5 Å². The minimum absolute atomic E-state index is 0.0241. The molecule has 0 spiro atoms. The lowest BCUT2D eigenvalue weighted by molar-refractivity contribution is -0.142. The van der Waals surface area contributed by atoms with Crippen LogP contribution in [0, 0.1) is 12.3 Å². The number of aryl methyl sites for hydroxylation is 1. The van der Waals surface area contributed by atoms with Crippen molar-refractivity contribution in [3.8, 4) is 11.5 Å². The smallest absolute Gasteiger partial charge is 0.242 e. The Balaban J connectivity index is 2.19. The molecule has 34 heavy (non-hydrogen) atoms. The van der Waals surface area contributed by atoms with Gasteiger partial charge in [-0.05, 0) is 59.9 Å². The first kappa shape index (κ1) is 27.7. The quantitative estimate of drug-likeness (QED) is 0.406. The zero-order valence-electron chi connectivity index (χ0n) is 21.8. The van der Waals surface area contributed by atoms with Crippen molar-refractivity contribution >= 4 is 23.2 Å². The molecule has 2 aromatic rings. The molecular formula is C27H40N2O4S. The summed E-state index contributed by atoms with van der Waals surface area (Å²) in [4.78, 5) is 31.2. The fourth-order valence-corrected chi connectivity index (χ4v) is 4.64. The predicted octanol–water partition coefficient (Wildman–Crippen LogP) is 5.32. The van der Waals surface area contributed by atoms with E-state index in [4.69, 9.17) is 9.47 Å². The molecule has 0 radical (unpaired) electrons. The summed E-state index contributed by atoms with van der Waals surface area (Å²) in [5, 5.41) is 2.05. The third-order valence-corrected chi connectivity index (χ3v) is 6.64. The number of thiophene rings is 1. The predicted molar refractivity (Wildman–Crippen MR) is 139 cm³/mol. The molecule has 0 aliphatic carbocycles. The molecule has 7 heteroatoms. The highest BCUT2D eigenvalue weighted by Gasteiger charge is 2.25. The molecule has 0 saturated heterocycles. The molecule has 0 aliphatic rings. The maximum Gasteiger partial charge on any atom is 0.242 e. The normalized spacial score (nSPS) is 11.3. The highest BCUT2D eigenvalue weighted by atomic mass is 32.1. The Morgan fingerprint density at radius 2 is 1.68 bits per heavy atom. The van der Waals surface area contributed by atoms with Crippen molar-refractivity contribution in [3.05, 3.63) is 45.6 Å². The average molecular weight is 489 g/mol. The Kier molecular flexibility index (Phi) is 10.4. The van der Waals surface area contributed by atoms with Crippen LogP contribution in [-0.2, 0) is 22.6 Å². The van der Waals surface area contributed by atoms with Crippen LogP contribution in [-0.4, -0.2) is 55.5 Å². The number of hydrogen-bond donors (Lipinski definition) is 0. The lowest BCUT2D eigenvalue weighted by Gasteiger charge is -2.29. The summed E-state index contributed by atoms with van der Waals surface area (Å²) in [5.41, 5.74) is 2.13. The van der Waals surface area contributed by atoms with Gasteiger partial charge in [0.05, 0.1) is 27.3 Å². The monoisotopic (exact) mass is 488 g/mol. The van der Waals surface area contributed by atoms with Gasteiger partial charge in [-0.25, -0.2) is 0 Å². The summed E-state index contributed by atoms with van der Waals surface area (Å²) in [6, 6.07) is 7.91. The summed E-state index contributed by atoms with van der Waals surface area (Å²) in [6.45, 7) is 12.0. The Labute approximate surface area is 208 Å². The third kappa shape index (κ3) is 8.35. The van der Waals surface area contributed by atoms with Crippen molar-refractivity contribution in [2.45, 2.75) is 60.4 Å². The second kappa shape index (κ2) is 12.8. The molecule has 0 saturated carbocycles. The molecule has 1 aromatic carbocycles. The largest absolute Gasteiger partial charge is 0.493 e. The Morgan fingerprint density at radius 1 is 0.971 bits per heavy atom. The van der Waals surface area contributed by atoms with Crippen molar-refractivity contribution < 1.29 is 19.1 Å². The van der Waals surface area contributed by atoms with E-state index in [2.05, 4.69) is 18.4 Å². The molecule has 188 valence electrons. The number of amides is 2. The van der Waals surface area contributed by atoms with Crippen LogP contribution in [0.5, 0.6) is 11.5 Å². The summed E-state index contributed by atoms with van der Waals surface area (Å²) >= 11 is 1.66. The molecule has 0 unspecified atom stereocenters. The number of methoxy groups -OCH3 is 2. The lowest BCUT2D eigenvalue weighted by Crippen LogP contribution is -2.44. The van der Waals surface area contributed by atoms with Crippen molar-refractivity contribution in [1.29, 1.82) is 0 Å². The van der Waals surface area contributed by atoms with Gasteiger partial charge < -0.3 is 19.3 Å². The van der Waals surface area contributed by atoms with Gasteiger partial charge in [0.1, 0.15) is 0 Å². The Morgan fingerprint density at radius 3 is 2.24 bits per heavy atom. The number of nitrogens with zero attached hydrogens (tertiary/aromatic N) is 2. The minimum Gasteiger partial charge on any atom is -0.493 e. The SMILES string of the molecule is CCCN(CC(=O)N(CCc1ccc(OC)c(OC)c1)Cc1sccc1C)C(=O)CC(C)(C)C. The van der Waals surface area contributed by atoms with Crippen molar-refractivity contribution in [2.24, 2.45) is 5.41 Å². The molecule has 1 heterocycles. The van der Waals surface area contributed by atoms with Gasteiger partial charge in [0.2, 0.25) is 11.8 Å². The highest BCUT2D eigenvalue weighted by Crippen LogP contribution is 2.28. The van der Waals surface area contributed by atoms with E-state index in [-0.39, 0.29) is 23.8 Å². The molecule has 2 rings (SSSR count). The van der Waals surface area contributed by atoms with Gasteiger partial charge >= 0.3 is 0 Å². The van der Waals surface area contributed by atoms with E-state index in [1.807, 2.05) is 50.8 Å². The van der Waals surface area contributed by atoms with Crippen LogP contribution in [0.1, 0.15) is 56.5 Å². The van der Waals surface area contributed by atoms with Crippen LogP contribution in [0.15, 0.2) is 29.6 Å². The van der Waals surface area contributed by atoms with E-state index >= 15 is 0 Å². The topological polar surface area (TPSA) is 59.1 Å². The van der Waals surface area contributed by atoms with E-state index in [0.717, 1.165) is 12.0 Å². The maximum absolute atomic E-state index is 13.5. The summed E-state index contributed by atoms with van der Waals surface area (Å²) < 4.78 is 10.8. The summed E-state index contributed by atoms with van der Waals surface area (Å²) in [6.07, 6.45) is 1.93. The van der Waals surface area contributed by atoms with Gasteiger partial charge in [0.15, 0.2) is 11.5 Å². The van der Waals surface area contributed by atoms with Crippen LogP contribution in [0.4, 0.5) is 0 Å². The molecule has 0 aliphatic heterocycles. The average Bonchev–Trinajstić information content (AvgIpc) is 3.18. The van der Waals surface area contributed by atoms with E-state index in [1.165, 1.54) is 10.4 Å². The van der Waals surface area contributed by atoms with Gasteiger partial charge in [-0.15, -0.1) is 11.3 Å². The van der Waals surface area contributed by atoms with Crippen molar-refractivity contribution in [1.82, 2.24) is 9.80 Å². The molecule has 6 nitrogen and oxygen atoms in total. The highest BCUT2D eigenvalue weighted by molar-refractivity contribution is 7.10. The standard InChI is InChI=1S/C27H40N2O4S/c1-8-13-28(25(30)17-27(3,4)5)19-26(31)29(18-24-20(2)12-15-34-24)14-11-21-9-10-22(32-6)23(16-21)33-7/h9-10,12,15-16H,8,11,13-14,17-19H2,1-7H3. The number of carbonyl (C=O) groups excluding carboxylic acids is 2. The van der Waals surface area contributed by atoms with E-state index < -0.39 is 0 Å². The molecule has 0 bridgehead atoms. The molecule has 1 aromatic heterocycles. The third-order valence-electron chi connectivity index (χ3n) is 5.63. The number of rotatable bonds is 12. The second-order valence-corrected chi connectivity index (χ2v) is 10.8. The Bertz CT molecular complexity index is 948. The lowest BCUT2D eigenvalue weighted by atomic mass is 9.91. The van der Waals surface area contributed by atoms with Gasteiger partial charge in [0, 0.05) is 24.4 Å². The molecule has 0 N–H and O–H groups in total. The van der Waals surface area contributed by atoms with Crippen LogP contribution in [0.3, 0.4) is 0 Å². The molecule has 0 atom stereocenters. The zero-order chi connectivity index (χ0) is 25.3. The van der Waals surface area contributed by atoms with Crippen LogP contribution < -0.4 is 9.47 Å².